The van der Waals surface area contributed by atoms with Gasteiger partial charge < -0.3 is 10.1 Å². The summed E-state index contributed by atoms with van der Waals surface area (Å²) in [5.74, 6) is 6.86. The van der Waals surface area contributed by atoms with Crippen LogP contribution in [0.1, 0.15) is 5.69 Å². The molecule has 0 aliphatic rings. The Hall–Kier alpha value is -3.41. The van der Waals surface area contributed by atoms with Crippen LogP contribution in [0.2, 0.25) is 0 Å². The number of nitrogens with two attached hydrogens (primary N) is 2. The maximum Gasteiger partial charge on any atom is 0.286 e. The van der Waals surface area contributed by atoms with Gasteiger partial charge in [-0.1, -0.05) is 0 Å². The van der Waals surface area contributed by atoms with Gasteiger partial charge in [-0.2, -0.15) is 21.0 Å². The van der Waals surface area contributed by atoms with Crippen molar-refractivity contribution >= 4 is 22.7 Å². The van der Waals surface area contributed by atoms with E-state index < -0.39 is 0 Å². The highest BCUT2D eigenvalue weighted by atomic mass is 16.5. The number of hydrogen-bond acceptors (Lipinski definition) is 8. The summed E-state index contributed by atoms with van der Waals surface area (Å²) >= 11 is 0. The van der Waals surface area contributed by atoms with Gasteiger partial charge in [-0.3, -0.25) is 9.78 Å². The van der Waals surface area contributed by atoms with Gasteiger partial charge in [0.2, 0.25) is 5.82 Å². The molecule has 4 aromatic heterocycles. The van der Waals surface area contributed by atoms with Crippen LogP contribution in [-0.4, -0.2) is 48.6 Å². The monoisotopic (exact) mass is 381 g/mol. The molecule has 0 saturated carbocycles. The van der Waals surface area contributed by atoms with Gasteiger partial charge in [0.25, 0.3) is 5.82 Å². The van der Waals surface area contributed by atoms with Gasteiger partial charge in [-0.05, 0) is 12.1 Å². The summed E-state index contributed by atoms with van der Waals surface area (Å²) in [4.78, 5) is 13.3. The number of H-pyrrole nitrogens is 1. The van der Waals surface area contributed by atoms with Gasteiger partial charge >= 0.3 is 0 Å². The van der Waals surface area contributed by atoms with Gasteiger partial charge in [0.1, 0.15) is 0 Å². The number of anilines is 1. The van der Waals surface area contributed by atoms with Gasteiger partial charge in [-0.25, -0.2) is 15.4 Å². The highest BCUT2D eigenvalue weighted by Crippen LogP contribution is 2.21. The Morgan fingerprint density at radius 2 is 2.25 bits per heavy atom. The predicted molar refractivity (Wildman–Crippen MR) is 102 cm³/mol. The number of ether oxygens (including phenoxy) is 1. The Morgan fingerprint density at radius 1 is 1.32 bits per heavy atom. The number of nitrogens with one attached hydrogen (secondary N) is 2. The van der Waals surface area contributed by atoms with Crippen LogP contribution in [0, 0.1) is 0 Å². The zero-order chi connectivity index (χ0) is 19.3. The molecule has 0 amide bonds. The van der Waals surface area contributed by atoms with Crippen molar-refractivity contribution in [2.24, 2.45) is 5.84 Å². The minimum Gasteiger partial charge on any atom is -0.383 e. The highest BCUT2D eigenvalue weighted by molar-refractivity contribution is 5.77. The molecule has 0 aliphatic heterocycles. The first-order valence-electron chi connectivity index (χ1n) is 8.74. The molecular weight excluding hydrogens is 360 g/mol. The van der Waals surface area contributed by atoms with Crippen molar-refractivity contribution in [1.29, 1.82) is 0 Å². The minimum absolute atomic E-state index is 0.480. The van der Waals surface area contributed by atoms with E-state index in [0.29, 0.717) is 42.7 Å². The lowest BCUT2D eigenvalue weighted by atomic mass is 10.2. The molecule has 0 fully saturated rings. The number of rotatable bonds is 8. The third-order valence-electron chi connectivity index (χ3n) is 4.25. The summed E-state index contributed by atoms with van der Waals surface area (Å²) < 4.78 is 6.88. The molecule has 0 aromatic carbocycles. The summed E-state index contributed by atoms with van der Waals surface area (Å²) in [7, 11) is 1.66. The van der Waals surface area contributed by atoms with Crippen LogP contribution < -0.4 is 16.6 Å². The second-order valence-electron chi connectivity index (χ2n) is 6.07. The molecular formula is C17H21N10O+. The molecule has 144 valence electrons. The van der Waals surface area contributed by atoms with Gasteiger partial charge in [0.15, 0.2) is 5.65 Å². The Labute approximate surface area is 160 Å². The first kappa shape index (κ1) is 18.0. The summed E-state index contributed by atoms with van der Waals surface area (Å²) in [6, 6.07) is 3.84. The Bertz CT molecular complexity index is 1070. The van der Waals surface area contributed by atoms with E-state index in [9.17, 15) is 0 Å². The van der Waals surface area contributed by atoms with E-state index in [1.807, 2.05) is 18.3 Å². The maximum absolute atomic E-state index is 5.71. The third kappa shape index (κ3) is 3.67. The zero-order valence-corrected chi connectivity index (χ0v) is 15.3. The SMILES string of the molecule is COCCn1cc(-c2cnc([NH2+]N)c(NCc3[nH]nc4ncccc34)n2)cn1. The van der Waals surface area contributed by atoms with Crippen LogP contribution in [0.3, 0.4) is 0 Å². The first-order valence-corrected chi connectivity index (χ1v) is 8.74. The fraction of sp³-hybridized carbons (Fsp3) is 0.235. The number of pyridine rings is 1. The lowest BCUT2D eigenvalue weighted by molar-refractivity contribution is -0.587. The highest BCUT2D eigenvalue weighted by Gasteiger charge is 2.14. The molecule has 11 heteroatoms. The fourth-order valence-corrected chi connectivity index (χ4v) is 2.80. The first-order chi connectivity index (χ1) is 13.8. The van der Waals surface area contributed by atoms with Gasteiger partial charge in [-0.15, -0.1) is 0 Å². The van der Waals surface area contributed by atoms with Crippen molar-refractivity contribution in [3.8, 4) is 11.3 Å². The van der Waals surface area contributed by atoms with E-state index in [1.54, 1.807) is 30.4 Å². The largest absolute Gasteiger partial charge is 0.383 e. The number of nitrogens with zero attached hydrogens (tertiary/aromatic N) is 6. The second-order valence-corrected chi connectivity index (χ2v) is 6.07. The smallest absolute Gasteiger partial charge is 0.286 e. The third-order valence-corrected chi connectivity index (χ3v) is 4.25. The second kappa shape index (κ2) is 8.08. The Kier molecular flexibility index (Phi) is 5.19. The lowest BCUT2D eigenvalue weighted by Gasteiger charge is -2.07. The van der Waals surface area contributed by atoms with Crippen molar-refractivity contribution < 1.29 is 10.2 Å². The van der Waals surface area contributed by atoms with Crippen LogP contribution in [-0.2, 0) is 17.8 Å². The summed E-state index contributed by atoms with van der Waals surface area (Å²) in [6.07, 6.45) is 7.05. The molecule has 0 saturated heterocycles. The number of aromatic amines is 1. The normalized spacial score (nSPS) is 11.2. The van der Waals surface area contributed by atoms with Crippen molar-refractivity contribution in [2.75, 3.05) is 19.0 Å². The van der Waals surface area contributed by atoms with Gasteiger partial charge in [0.05, 0.1) is 43.5 Å². The number of quaternary nitrogens is 1. The van der Waals surface area contributed by atoms with E-state index in [2.05, 4.69) is 35.6 Å². The maximum atomic E-state index is 5.71. The molecule has 28 heavy (non-hydrogen) atoms. The summed E-state index contributed by atoms with van der Waals surface area (Å²) in [6.45, 7) is 1.74. The van der Waals surface area contributed by atoms with Crippen LogP contribution in [0.5, 0.6) is 0 Å². The molecule has 4 heterocycles. The molecule has 0 aliphatic carbocycles. The van der Waals surface area contributed by atoms with E-state index >= 15 is 0 Å². The zero-order valence-electron chi connectivity index (χ0n) is 15.3. The molecule has 0 atom stereocenters. The van der Waals surface area contributed by atoms with Crippen molar-refractivity contribution in [3.63, 3.8) is 0 Å². The average Bonchev–Trinajstić information content (AvgIpc) is 3.37. The van der Waals surface area contributed by atoms with Crippen LogP contribution in [0.25, 0.3) is 22.3 Å². The van der Waals surface area contributed by atoms with Crippen LogP contribution in [0.4, 0.5) is 11.6 Å². The molecule has 0 unspecified atom stereocenters. The number of fused-ring (bicyclic) bond motifs is 1. The minimum atomic E-state index is 0.480. The molecule has 4 rings (SSSR count). The van der Waals surface area contributed by atoms with Gasteiger partial charge in [0, 0.05) is 30.5 Å². The molecule has 0 radical (unpaired) electrons. The molecule has 0 bridgehead atoms. The fourth-order valence-electron chi connectivity index (χ4n) is 2.80. The number of methoxy groups -OCH3 is 1. The number of aromatic nitrogens is 7. The van der Waals surface area contributed by atoms with E-state index in [4.69, 9.17) is 10.6 Å². The lowest BCUT2D eigenvalue weighted by Crippen LogP contribution is -2.86. The number of hydrogen-bond donors (Lipinski definition) is 4. The molecule has 6 N–H and O–H groups in total. The summed E-state index contributed by atoms with van der Waals surface area (Å²) in [5.41, 5.74) is 4.58. The molecule has 4 aromatic rings. The van der Waals surface area contributed by atoms with Crippen molar-refractivity contribution in [2.45, 2.75) is 13.1 Å². The quantitative estimate of drug-likeness (QED) is 0.245. The topological polar surface area (TPSA) is 149 Å². The van der Waals surface area contributed by atoms with Crippen molar-refractivity contribution in [1.82, 2.24) is 34.9 Å². The molecule has 0 spiro atoms. The predicted octanol–water partition coefficient (Wildman–Crippen LogP) is -0.0615. The van der Waals surface area contributed by atoms with E-state index in [-0.39, 0.29) is 0 Å². The van der Waals surface area contributed by atoms with Crippen LogP contribution >= 0.6 is 0 Å². The Morgan fingerprint density at radius 3 is 3.11 bits per heavy atom. The van der Waals surface area contributed by atoms with E-state index in [1.165, 1.54) is 5.43 Å². The average molecular weight is 381 g/mol. The van der Waals surface area contributed by atoms with Crippen molar-refractivity contribution in [3.05, 3.63) is 42.6 Å². The Balaban J connectivity index is 1.56. The summed E-state index contributed by atoms with van der Waals surface area (Å²) in [5, 5.41) is 15.8. The van der Waals surface area contributed by atoms with E-state index in [0.717, 1.165) is 16.6 Å². The standard InChI is InChI=1S/C17H20N10O/c1-28-6-5-27-10-11(7-22-27)13-8-21-17(24-18)16(23-13)20-9-14-12-3-2-4-19-15(12)26-25-14/h2-4,7-8,10H,5-6,9,18H2,1H3,(H,20,23)(H,21,24)(H,19,25,26)/p+1. The molecule has 11 nitrogen and oxygen atoms in total. The van der Waals surface area contributed by atoms with Crippen LogP contribution in [0.15, 0.2) is 36.9 Å².